The molecular weight excluding hydrogens is 470 g/mol. The van der Waals surface area contributed by atoms with E-state index in [1.54, 1.807) is 7.11 Å². The summed E-state index contributed by atoms with van der Waals surface area (Å²) in [5, 5.41) is 3.82. The highest BCUT2D eigenvalue weighted by Gasteiger charge is 2.27. The molecule has 7 heteroatoms. The predicted octanol–water partition coefficient (Wildman–Crippen LogP) is 6.50. The highest BCUT2D eigenvalue weighted by atomic mass is 32.2. The van der Waals surface area contributed by atoms with Crippen LogP contribution in [0.5, 0.6) is 17.4 Å². The first-order valence-corrected chi connectivity index (χ1v) is 12.7. The van der Waals surface area contributed by atoms with Crippen molar-refractivity contribution < 1.29 is 14.3 Å². The van der Waals surface area contributed by atoms with Crippen molar-refractivity contribution >= 4 is 23.4 Å². The average molecular weight is 498 g/mol. The number of benzene rings is 3. The van der Waals surface area contributed by atoms with Crippen LogP contribution in [0.3, 0.4) is 0 Å². The van der Waals surface area contributed by atoms with Gasteiger partial charge in [-0.15, -0.1) is 0 Å². The fourth-order valence-corrected chi connectivity index (χ4v) is 5.29. The van der Waals surface area contributed by atoms with E-state index in [0.717, 1.165) is 38.5 Å². The lowest BCUT2D eigenvalue weighted by molar-refractivity contribution is -0.113. The van der Waals surface area contributed by atoms with Crippen LogP contribution in [0, 0.1) is 20.8 Å². The fourth-order valence-electron chi connectivity index (χ4n) is 4.47. The number of anilines is 1. The summed E-state index contributed by atoms with van der Waals surface area (Å²) >= 11 is 1.40. The fraction of sp³-hybridized carbons (Fsp3) is 0.207. The lowest BCUT2D eigenvalue weighted by Gasteiger charge is -2.23. The van der Waals surface area contributed by atoms with Crippen LogP contribution in [0.25, 0.3) is 11.4 Å². The SMILES string of the molecule is COc1cccc2c1Oc1nc(-c3ccccc3)nc(SCC(=O)Nc3c(C)cc(C)cc3C)c1C2. The number of aryl methyl sites for hydroxylation is 3. The maximum atomic E-state index is 13.0. The van der Waals surface area contributed by atoms with Crippen LogP contribution in [0.2, 0.25) is 0 Å². The first kappa shape index (κ1) is 23.9. The predicted molar refractivity (Wildman–Crippen MR) is 143 cm³/mol. The molecule has 1 amide bonds. The molecule has 182 valence electrons. The maximum absolute atomic E-state index is 13.0. The van der Waals surface area contributed by atoms with E-state index < -0.39 is 0 Å². The van der Waals surface area contributed by atoms with E-state index in [4.69, 9.17) is 19.4 Å². The molecule has 2 heterocycles. The molecule has 0 saturated heterocycles. The van der Waals surface area contributed by atoms with Crippen LogP contribution in [0.15, 0.2) is 65.7 Å². The van der Waals surface area contributed by atoms with Gasteiger partial charge in [-0.05, 0) is 38.0 Å². The minimum Gasteiger partial charge on any atom is -0.493 e. The zero-order chi connectivity index (χ0) is 25.2. The summed E-state index contributed by atoms with van der Waals surface area (Å²) in [6.45, 7) is 6.08. The van der Waals surface area contributed by atoms with E-state index in [9.17, 15) is 4.79 Å². The largest absolute Gasteiger partial charge is 0.493 e. The van der Waals surface area contributed by atoms with Crippen molar-refractivity contribution in [2.45, 2.75) is 32.2 Å². The lowest BCUT2D eigenvalue weighted by atomic mass is 10.0. The molecule has 0 radical (unpaired) electrons. The van der Waals surface area contributed by atoms with Crippen molar-refractivity contribution in [2.24, 2.45) is 0 Å². The van der Waals surface area contributed by atoms with Crippen molar-refractivity contribution in [3.63, 3.8) is 0 Å². The van der Waals surface area contributed by atoms with Crippen molar-refractivity contribution in [1.82, 2.24) is 9.97 Å². The minimum absolute atomic E-state index is 0.0810. The number of nitrogens with one attached hydrogen (secondary N) is 1. The molecule has 1 aliphatic rings. The number of rotatable bonds is 6. The molecule has 0 fully saturated rings. The number of carbonyl (C=O) groups is 1. The number of para-hydroxylation sites is 1. The summed E-state index contributed by atoms with van der Waals surface area (Å²) < 4.78 is 11.8. The number of ether oxygens (including phenoxy) is 2. The smallest absolute Gasteiger partial charge is 0.234 e. The second-order valence-corrected chi connectivity index (χ2v) is 9.80. The van der Waals surface area contributed by atoms with Gasteiger partial charge in [0.2, 0.25) is 11.8 Å². The molecule has 36 heavy (non-hydrogen) atoms. The molecule has 1 N–H and O–H groups in total. The summed E-state index contributed by atoms with van der Waals surface area (Å²) in [5.41, 5.74) is 6.89. The van der Waals surface area contributed by atoms with Crippen molar-refractivity contribution in [3.8, 4) is 28.8 Å². The molecule has 0 saturated carbocycles. The number of aromatic nitrogens is 2. The Hall–Kier alpha value is -3.84. The number of fused-ring (bicyclic) bond motifs is 2. The number of carbonyl (C=O) groups excluding carboxylic acids is 1. The van der Waals surface area contributed by atoms with Crippen LogP contribution < -0.4 is 14.8 Å². The van der Waals surface area contributed by atoms with Crippen molar-refractivity contribution in [3.05, 3.63) is 88.5 Å². The van der Waals surface area contributed by atoms with Gasteiger partial charge in [0.05, 0.1) is 18.4 Å². The van der Waals surface area contributed by atoms with E-state index in [2.05, 4.69) is 24.4 Å². The first-order chi connectivity index (χ1) is 17.4. The molecular formula is C29H27N3O3S. The van der Waals surface area contributed by atoms with Crippen LogP contribution in [-0.4, -0.2) is 28.7 Å². The van der Waals surface area contributed by atoms with Crippen LogP contribution >= 0.6 is 11.8 Å². The average Bonchev–Trinajstić information content (AvgIpc) is 2.88. The summed E-state index contributed by atoms with van der Waals surface area (Å²) in [6, 6.07) is 19.7. The van der Waals surface area contributed by atoms with Gasteiger partial charge in [0.15, 0.2) is 17.3 Å². The zero-order valence-electron chi connectivity index (χ0n) is 20.7. The van der Waals surface area contributed by atoms with Gasteiger partial charge in [-0.1, -0.05) is 71.9 Å². The van der Waals surface area contributed by atoms with Crippen LogP contribution in [-0.2, 0) is 11.2 Å². The molecule has 0 aliphatic carbocycles. The second kappa shape index (κ2) is 10.0. The lowest BCUT2D eigenvalue weighted by Crippen LogP contribution is -2.17. The van der Waals surface area contributed by atoms with E-state index >= 15 is 0 Å². The third kappa shape index (κ3) is 4.79. The van der Waals surface area contributed by atoms with E-state index in [1.165, 1.54) is 17.3 Å². The third-order valence-electron chi connectivity index (χ3n) is 6.09. The Balaban J connectivity index is 1.45. The number of hydrogen-bond acceptors (Lipinski definition) is 6. The van der Waals surface area contributed by atoms with Gasteiger partial charge in [0, 0.05) is 23.2 Å². The van der Waals surface area contributed by atoms with Crippen molar-refractivity contribution in [1.29, 1.82) is 0 Å². The number of hydrogen-bond donors (Lipinski definition) is 1. The molecule has 0 unspecified atom stereocenters. The Labute approximate surface area is 215 Å². The second-order valence-electron chi connectivity index (χ2n) is 8.84. The summed E-state index contributed by atoms with van der Waals surface area (Å²) in [7, 11) is 1.63. The van der Waals surface area contributed by atoms with Gasteiger partial charge in [-0.2, -0.15) is 4.98 Å². The Morgan fingerprint density at radius 3 is 2.50 bits per heavy atom. The van der Waals surface area contributed by atoms with Crippen LogP contribution in [0.4, 0.5) is 5.69 Å². The third-order valence-corrected chi connectivity index (χ3v) is 7.11. The minimum atomic E-state index is -0.0810. The number of nitrogens with zero attached hydrogens (tertiary/aromatic N) is 2. The van der Waals surface area contributed by atoms with E-state index in [1.807, 2.05) is 62.4 Å². The maximum Gasteiger partial charge on any atom is 0.234 e. The topological polar surface area (TPSA) is 73.3 Å². The molecule has 6 nitrogen and oxygen atoms in total. The Morgan fingerprint density at radius 1 is 1.03 bits per heavy atom. The molecule has 0 bridgehead atoms. The first-order valence-electron chi connectivity index (χ1n) is 11.7. The van der Waals surface area contributed by atoms with Gasteiger partial charge in [-0.3, -0.25) is 4.79 Å². The Bertz CT molecular complexity index is 1430. The standard InChI is InChI=1S/C29H27N3O3S/c1-17-13-18(2)25(19(3)14-17)30-24(33)16-36-29-22-15-21-11-8-12-23(34-4)26(21)35-28(22)31-27(32-29)20-9-6-5-7-10-20/h5-14H,15-16H2,1-4H3,(H,30,33). The summed E-state index contributed by atoms with van der Waals surface area (Å²) in [4.78, 5) is 22.6. The Kier molecular flexibility index (Phi) is 6.65. The highest BCUT2D eigenvalue weighted by molar-refractivity contribution is 8.00. The van der Waals surface area contributed by atoms with Gasteiger partial charge < -0.3 is 14.8 Å². The molecule has 1 aliphatic heterocycles. The van der Waals surface area contributed by atoms with Gasteiger partial charge in [-0.25, -0.2) is 4.98 Å². The van der Waals surface area contributed by atoms with Gasteiger partial charge >= 0.3 is 0 Å². The Morgan fingerprint density at radius 2 is 1.78 bits per heavy atom. The number of amides is 1. The highest BCUT2D eigenvalue weighted by Crippen LogP contribution is 2.44. The molecule has 5 rings (SSSR count). The molecule has 4 aromatic rings. The summed E-state index contributed by atoms with van der Waals surface area (Å²) in [5.74, 6) is 2.52. The van der Waals surface area contributed by atoms with Gasteiger partial charge in [0.1, 0.15) is 5.03 Å². The zero-order valence-corrected chi connectivity index (χ0v) is 21.5. The molecule has 0 atom stereocenters. The van der Waals surface area contributed by atoms with Gasteiger partial charge in [0.25, 0.3) is 0 Å². The number of methoxy groups -OCH3 is 1. The molecule has 1 aromatic heterocycles. The normalized spacial score (nSPS) is 11.8. The van der Waals surface area contributed by atoms with Crippen LogP contribution in [0.1, 0.15) is 27.8 Å². The molecule has 0 spiro atoms. The van der Waals surface area contributed by atoms with E-state index in [-0.39, 0.29) is 11.7 Å². The number of thioether (sulfide) groups is 1. The van der Waals surface area contributed by atoms with Crippen molar-refractivity contribution in [2.75, 3.05) is 18.2 Å². The quantitative estimate of drug-likeness (QED) is 0.213. The molecule has 3 aromatic carbocycles. The summed E-state index contributed by atoms with van der Waals surface area (Å²) in [6.07, 6.45) is 0.594. The van der Waals surface area contributed by atoms with E-state index in [0.29, 0.717) is 29.6 Å². The monoisotopic (exact) mass is 497 g/mol.